The molecule has 0 aromatic heterocycles. The highest BCUT2D eigenvalue weighted by molar-refractivity contribution is 6.30. The average Bonchev–Trinajstić information content (AvgIpc) is 2.69. The highest BCUT2D eigenvalue weighted by Gasteiger charge is 2.29. The first-order chi connectivity index (χ1) is 13.4. The molecule has 148 valence electrons. The van der Waals surface area contributed by atoms with Crippen molar-refractivity contribution in [3.63, 3.8) is 0 Å². The van der Waals surface area contributed by atoms with E-state index in [0.717, 1.165) is 18.9 Å². The van der Waals surface area contributed by atoms with E-state index in [2.05, 4.69) is 17.6 Å². The number of nitrogens with zero attached hydrogens (tertiary/aromatic N) is 1. The van der Waals surface area contributed by atoms with E-state index in [0.29, 0.717) is 24.6 Å². The van der Waals surface area contributed by atoms with Crippen LogP contribution in [0.3, 0.4) is 0 Å². The molecule has 1 fully saturated rings. The van der Waals surface area contributed by atoms with E-state index in [1.54, 1.807) is 17.0 Å². The lowest BCUT2D eigenvalue weighted by Gasteiger charge is -2.33. The predicted octanol–water partition coefficient (Wildman–Crippen LogP) is 4.60. The topological polar surface area (TPSA) is 61.4 Å². The Morgan fingerprint density at radius 2 is 1.82 bits per heavy atom. The molecule has 3 rings (SSSR count). The summed E-state index contributed by atoms with van der Waals surface area (Å²) in [6, 6.07) is 11.5. The van der Waals surface area contributed by atoms with Crippen molar-refractivity contribution < 1.29 is 14.0 Å². The molecule has 0 bridgehead atoms. The number of urea groups is 1. The van der Waals surface area contributed by atoms with Crippen molar-refractivity contribution in [2.45, 2.75) is 25.8 Å². The fraction of sp³-hybridized carbons (Fsp3) is 0.333. The molecule has 1 atom stereocenters. The van der Waals surface area contributed by atoms with Crippen molar-refractivity contribution in [2.24, 2.45) is 5.92 Å². The summed E-state index contributed by atoms with van der Waals surface area (Å²) < 4.78 is 14.0. The van der Waals surface area contributed by atoms with Crippen molar-refractivity contribution in [3.05, 3.63) is 64.9 Å². The van der Waals surface area contributed by atoms with Gasteiger partial charge in [0.15, 0.2) is 0 Å². The van der Waals surface area contributed by atoms with Gasteiger partial charge in [0.05, 0.1) is 5.69 Å². The minimum Gasteiger partial charge on any atom is -0.341 e. The van der Waals surface area contributed by atoms with Crippen LogP contribution in [0.4, 0.5) is 14.9 Å². The zero-order valence-electron chi connectivity index (χ0n) is 15.6. The van der Waals surface area contributed by atoms with E-state index >= 15 is 0 Å². The maximum atomic E-state index is 14.0. The molecule has 3 amide bonds. The van der Waals surface area contributed by atoms with Crippen LogP contribution in [-0.2, 0) is 4.79 Å². The number of likely N-dealkylation sites (tertiary alicyclic amines) is 1. The number of halogens is 2. The van der Waals surface area contributed by atoms with Gasteiger partial charge in [-0.3, -0.25) is 4.79 Å². The number of carbonyl (C=O) groups is 2. The molecule has 0 spiro atoms. The Balaban J connectivity index is 1.75. The first kappa shape index (κ1) is 20.1. The van der Waals surface area contributed by atoms with Gasteiger partial charge in [0.25, 0.3) is 0 Å². The molecule has 28 heavy (non-hydrogen) atoms. The molecule has 1 aliphatic rings. The van der Waals surface area contributed by atoms with Crippen molar-refractivity contribution in [1.29, 1.82) is 0 Å². The summed E-state index contributed by atoms with van der Waals surface area (Å²) in [6.45, 7) is 3.50. The number of rotatable bonds is 4. The minimum absolute atomic E-state index is 0.00652. The van der Waals surface area contributed by atoms with E-state index in [-0.39, 0.29) is 16.6 Å². The summed E-state index contributed by atoms with van der Waals surface area (Å²) in [5, 5.41) is 5.38. The quantitative estimate of drug-likeness (QED) is 0.783. The van der Waals surface area contributed by atoms with Crippen molar-refractivity contribution in [3.8, 4) is 0 Å². The lowest BCUT2D eigenvalue weighted by molar-refractivity contribution is -0.134. The first-order valence-corrected chi connectivity index (χ1v) is 9.68. The van der Waals surface area contributed by atoms with Gasteiger partial charge in [-0.15, -0.1) is 0 Å². The van der Waals surface area contributed by atoms with Crippen LogP contribution < -0.4 is 10.6 Å². The van der Waals surface area contributed by atoms with Crippen molar-refractivity contribution >= 4 is 29.2 Å². The number of hydrogen-bond donors (Lipinski definition) is 2. The van der Waals surface area contributed by atoms with Crippen LogP contribution in [0.25, 0.3) is 0 Å². The summed E-state index contributed by atoms with van der Waals surface area (Å²) >= 11 is 5.74. The molecule has 5 nitrogen and oxygen atoms in total. The highest BCUT2D eigenvalue weighted by Crippen LogP contribution is 2.23. The number of amides is 3. The normalized spacial score (nSPS) is 15.8. The van der Waals surface area contributed by atoms with Crippen LogP contribution in [0.1, 0.15) is 31.4 Å². The van der Waals surface area contributed by atoms with Gasteiger partial charge < -0.3 is 15.5 Å². The van der Waals surface area contributed by atoms with Gasteiger partial charge >= 0.3 is 6.03 Å². The molecule has 0 unspecified atom stereocenters. The molecule has 1 heterocycles. The Bertz CT molecular complexity index is 839. The van der Waals surface area contributed by atoms with Crippen LogP contribution in [0.15, 0.2) is 48.5 Å². The minimum atomic E-state index is -0.843. The molecule has 2 N–H and O–H groups in total. The molecule has 2 aromatic rings. The van der Waals surface area contributed by atoms with Gasteiger partial charge in [-0.1, -0.05) is 48.9 Å². The summed E-state index contributed by atoms with van der Waals surface area (Å²) in [5.41, 5.74) is 0.672. The number of hydrogen-bond acceptors (Lipinski definition) is 2. The number of carbonyl (C=O) groups excluding carboxylic acids is 2. The molecular weight excluding hydrogens is 381 g/mol. The monoisotopic (exact) mass is 403 g/mol. The smallest absolute Gasteiger partial charge is 0.320 e. The molecule has 7 heteroatoms. The third-order valence-electron chi connectivity index (χ3n) is 4.93. The van der Waals surface area contributed by atoms with E-state index in [4.69, 9.17) is 11.6 Å². The van der Waals surface area contributed by atoms with Crippen LogP contribution in [0.5, 0.6) is 0 Å². The fourth-order valence-electron chi connectivity index (χ4n) is 3.23. The number of anilines is 1. The van der Waals surface area contributed by atoms with Gasteiger partial charge in [0.2, 0.25) is 5.91 Å². The standard InChI is InChI=1S/C21H23ClFN3O2/c1-14-9-11-26(12-10-14)20(27)19(15-5-3-2-4-6-15)25-21(28)24-18-8-7-16(22)13-17(18)23/h2-8,13-14,19H,9-12H2,1H3,(H2,24,25,28)/t19-/m1/s1. The van der Waals surface area contributed by atoms with Gasteiger partial charge in [0, 0.05) is 18.1 Å². The molecule has 1 aliphatic heterocycles. The lowest BCUT2D eigenvalue weighted by Crippen LogP contribution is -2.46. The predicted molar refractivity (Wildman–Crippen MR) is 108 cm³/mol. The highest BCUT2D eigenvalue weighted by atomic mass is 35.5. The van der Waals surface area contributed by atoms with Gasteiger partial charge in [-0.25, -0.2) is 9.18 Å². The third kappa shape index (κ3) is 5.01. The zero-order valence-corrected chi connectivity index (χ0v) is 16.4. The molecule has 1 saturated heterocycles. The Kier molecular flexibility index (Phi) is 6.52. The van der Waals surface area contributed by atoms with Crippen molar-refractivity contribution in [2.75, 3.05) is 18.4 Å². The summed E-state index contributed by atoms with van der Waals surface area (Å²) in [5.74, 6) is -0.219. The third-order valence-corrected chi connectivity index (χ3v) is 5.17. The number of nitrogens with one attached hydrogen (secondary N) is 2. The summed E-state index contributed by atoms with van der Waals surface area (Å²) in [7, 11) is 0. The Morgan fingerprint density at radius 1 is 1.14 bits per heavy atom. The number of piperidine rings is 1. The Morgan fingerprint density at radius 3 is 2.46 bits per heavy atom. The number of benzene rings is 2. The molecule has 2 aromatic carbocycles. The van der Waals surface area contributed by atoms with Crippen LogP contribution >= 0.6 is 11.6 Å². The van der Waals surface area contributed by atoms with E-state index in [1.807, 2.05) is 18.2 Å². The average molecular weight is 404 g/mol. The maximum Gasteiger partial charge on any atom is 0.320 e. The second-order valence-corrected chi connectivity index (χ2v) is 7.51. The lowest BCUT2D eigenvalue weighted by atomic mass is 9.97. The van der Waals surface area contributed by atoms with E-state index in [9.17, 15) is 14.0 Å². The molecule has 0 aliphatic carbocycles. The Hall–Kier alpha value is -2.60. The Labute approximate surface area is 168 Å². The second kappa shape index (κ2) is 9.06. The molecular formula is C21H23ClFN3O2. The van der Waals surface area contributed by atoms with Crippen LogP contribution in [0, 0.1) is 11.7 Å². The van der Waals surface area contributed by atoms with Gasteiger partial charge in [-0.05, 0) is 42.5 Å². The van der Waals surface area contributed by atoms with Gasteiger partial charge in [-0.2, -0.15) is 0 Å². The summed E-state index contributed by atoms with van der Waals surface area (Å²) in [4.78, 5) is 27.4. The summed E-state index contributed by atoms with van der Waals surface area (Å²) in [6.07, 6.45) is 1.88. The van der Waals surface area contributed by atoms with E-state index < -0.39 is 17.9 Å². The van der Waals surface area contributed by atoms with Crippen molar-refractivity contribution in [1.82, 2.24) is 10.2 Å². The zero-order chi connectivity index (χ0) is 20.1. The van der Waals surface area contributed by atoms with Gasteiger partial charge in [0.1, 0.15) is 11.9 Å². The van der Waals surface area contributed by atoms with E-state index in [1.165, 1.54) is 12.1 Å². The second-order valence-electron chi connectivity index (χ2n) is 7.07. The largest absolute Gasteiger partial charge is 0.341 e. The SMILES string of the molecule is CC1CCN(C(=O)[C@H](NC(=O)Nc2ccc(Cl)cc2F)c2ccccc2)CC1. The molecule has 0 radical (unpaired) electrons. The maximum absolute atomic E-state index is 14.0. The van der Waals surface area contributed by atoms with Crippen LogP contribution in [0.2, 0.25) is 5.02 Å². The fourth-order valence-corrected chi connectivity index (χ4v) is 3.38. The first-order valence-electron chi connectivity index (χ1n) is 9.30. The van der Waals surface area contributed by atoms with Crippen LogP contribution in [-0.4, -0.2) is 29.9 Å². The molecule has 0 saturated carbocycles.